The van der Waals surface area contributed by atoms with Gasteiger partial charge in [0.25, 0.3) is 10.0 Å². The number of halogens is 3. The molecule has 1 heterocycles. The number of sulfonamides is 1. The fourth-order valence-electron chi connectivity index (χ4n) is 1.36. The van der Waals surface area contributed by atoms with Crippen LogP contribution in [-0.2, 0) is 10.0 Å². The minimum absolute atomic E-state index is 0.00926. The van der Waals surface area contributed by atoms with E-state index >= 15 is 0 Å². The molecule has 0 spiro atoms. The highest BCUT2D eigenvalue weighted by molar-refractivity contribution is 7.92. The first-order valence-corrected chi connectivity index (χ1v) is 7.28. The van der Waals surface area contributed by atoms with E-state index in [1.165, 1.54) is 6.07 Å². The molecule has 0 aliphatic rings. The molecule has 1 aromatic heterocycles. The lowest BCUT2D eigenvalue weighted by Gasteiger charge is -2.09. The van der Waals surface area contributed by atoms with Crippen molar-refractivity contribution in [1.29, 1.82) is 0 Å². The van der Waals surface area contributed by atoms with Crippen LogP contribution in [0.2, 0.25) is 10.2 Å². The van der Waals surface area contributed by atoms with Gasteiger partial charge in [0, 0.05) is 11.1 Å². The number of hydrogen-bond acceptors (Lipinski definition) is 5. The average Bonchev–Trinajstić information content (AvgIpc) is 2.33. The van der Waals surface area contributed by atoms with Crippen molar-refractivity contribution in [3.05, 3.63) is 40.5 Å². The van der Waals surface area contributed by atoms with E-state index in [1.807, 2.05) is 0 Å². The van der Waals surface area contributed by atoms with Gasteiger partial charge in [-0.1, -0.05) is 23.2 Å². The van der Waals surface area contributed by atoms with Crippen LogP contribution < -0.4 is 10.5 Å². The average molecular weight is 337 g/mol. The predicted molar refractivity (Wildman–Crippen MR) is 73.7 cm³/mol. The number of anilines is 2. The molecule has 6 nitrogen and oxygen atoms in total. The Bertz CT molecular complexity index is 770. The number of rotatable bonds is 3. The number of nitrogens with one attached hydrogen (secondary N) is 1. The summed E-state index contributed by atoms with van der Waals surface area (Å²) in [6, 6.07) is 3.22. The molecule has 0 unspecified atom stereocenters. The molecule has 0 amide bonds. The Morgan fingerprint density at radius 3 is 2.55 bits per heavy atom. The second-order valence-corrected chi connectivity index (χ2v) is 6.11. The lowest BCUT2D eigenvalue weighted by Crippen LogP contribution is -2.16. The van der Waals surface area contributed by atoms with E-state index in [0.29, 0.717) is 0 Å². The highest BCUT2D eigenvalue weighted by Crippen LogP contribution is 2.26. The van der Waals surface area contributed by atoms with E-state index in [0.717, 1.165) is 18.5 Å². The van der Waals surface area contributed by atoms with Crippen LogP contribution in [0.25, 0.3) is 0 Å². The van der Waals surface area contributed by atoms with Crippen LogP contribution in [0.5, 0.6) is 0 Å². The Labute approximate surface area is 123 Å². The highest BCUT2D eigenvalue weighted by Gasteiger charge is 2.22. The lowest BCUT2D eigenvalue weighted by atomic mass is 10.3. The number of nitrogen functional groups attached to an aromatic ring is 1. The third-order valence-corrected chi connectivity index (χ3v) is 3.97. The van der Waals surface area contributed by atoms with Crippen molar-refractivity contribution >= 4 is 44.7 Å². The molecule has 0 saturated heterocycles. The third kappa shape index (κ3) is 3.09. The van der Waals surface area contributed by atoms with E-state index in [1.54, 1.807) is 0 Å². The van der Waals surface area contributed by atoms with Gasteiger partial charge in [-0.2, -0.15) is 0 Å². The topological polar surface area (TPSA) is 98.0 Å². The van der Waals surface area contributed by atoms with Crippen molar-refractivity contribution in [3.63, 3.8) is 0 Å². The van der Waals surface area contributed by atoms with Crippen molar-refractivity contribution < 1.29 is 12.8 Å². The molecule has 0 aliphatic heterocycles. The smallest absolute Gasteiger partial charge is 0.266 e. The Morgan fingerprint density at radius 2 is 1.90 bits per heavy atom. The molecule has 106 valence electrons. The third-order valence-electron chi connectivity index (χ3n) is 2.19. The molecule has 0 atom stereocenters. The van der Waals surface area contributed by atoms with Crippen molar-refractivity contribution in [2.45, 2.75) is 4.90 Å². The molecule has 0 fully saturated rings. The highest BCUT2D eigenvalue weighted by atomic mass is 35.5. The summed E-state index contributed by atoms with van der Waals surface area (Å²) in [4.78, 5) is 6.56. The minimum Gasteiger partial charge on any atom is -0.396 e. The second kappa shape index (κ2) is 5.39. The molecule has 2 rings (SSSR count). The summed E-state index contributed by atoms with van der Waals surface area (Å²) in [7, 11) is -4.24. The summed E-state index contributed by atoms with van der Waals surface area (Å²) >= 11 is 11.3. The first kappa shape index (κ1) is 14.8. The van der Waals surface area contributed by atoms with Gasteiger partial charge in [-0.05, 0) is 12.1 Å². The number of aromatic nitrogens is 2. The van der Waals surface area contributed by atoms with Crippen LogP contribution >= 0.6 is 23.2 Å². The van der Waals surface area contributed by atoms with Gasteiger partial charge in [0.2, 0.25) is 0 Å². The fraction of sp³-hybridized carbons (Fsp3) is 0. The van der Waals surface area contributed by atoms with Crippen LogP contribution in [0.15, 0.2) is 29.4 Å². The van der Waals surface area contributed by atoms with Crippen molar-refractivity contribution in [1.82, 2.24) is 9.97 Å². The van der Waals surface area contributed by atoms with Crippen molar-refractivity contribution in [2.24, 2.45) is 0 Å². The van der Waals surface area contributed by atoms with E-state index in [2.05, 4.69) is 14.7 Å². The van der Waals surface area contributed by atoms with Gasteiger partial charge in [-0.15, -0.1) is 0 Å². The molecule has 0 bridgehead atoms. The second-order valence-electron chi connectivity index (χ2n) is 3.64. The van der Waals surface area contributed by atoms with Gasteiger partial charge in [0.1, 0.15) is 22.2 Å². The van der Waals surface area contributed by atoms with Crippen LogP contribution in [-0.4, -0.2) is 18.4 Å². The molecule has 0 radical (unpaired) electrons. The fourth-order valence-corrected chi connectivity index (χ4v) is 2.93. The van der Waals surface area contributed by atoms with E-state index in [9.17, 15) is 12.8 Å². The Kier molecular flexibility index (Phi) is 3.98. The number of hydrogen-bond donors (Lipinski definition) is 2. The summed E-state index contributed by atoms with van der Waals surface area (Å²) in [6.45, 7) is 0. The van der Waals surface area contributed by atoms with Crippen LogP contribution in [0.1, 0.15) is 0 Å². The minimum atomic E-state index is -4.24. The van der Waals surface area contributed by atoms with Gasteiger partial charge in [0.15, 0.2) is 5.82 Å². The van der Waals surface area contributed by atoms with Crippen LogP contribution in [0.3, 0.4) is 0 Å². The zero-order chi connectivity index (χ0) is 14.9. The monoisotopic (exact) mass is 336 g/mol. The molecule has 0 saturated carbocycles. The zero-order valence-electron chi connectivity index (χ0n) is 9.64. The van der Waals surface area contributed by atoms with Gasteiger partial charge in [-0.25, -0.2) is 22.8 Å². The maximum absolute atomic E-state index is 13.8. The Balaban J connectivity index is 2.46. The molecule has 3 N–H and O–H groups in total. The molecule has 1 aromatic carbocycles. The molecular weight excluding hydrogens is 330 g/mol. The first-order valence-electron chi connectivity index (χ1n) is 5.04. The van der Waals surface area contributed by atoms with Crippen LogP contribution in [0, 0.1) is 5.82 Å². The first-order chi connectivity index (χ1) is 9.29. The van der Waals surface area contributed by atoms with Crippen molar-refractivity contribution in [3.8, 4) is 0 Å². The predicted octanol–water partition coefficient (Wildman–Crippen LogP) is 2.31. The number of nitrogens with zero attached hydrogens (tertiary/aromatic N) is 2. The molecule has 20 heavy (non-hydrogen) atoms. The number of nitrogens with two attached hydrogens (primary N) is 1. The molecule has 10 heteroatoms. The standard InChI is InChI=1S/C10H7Cl2FN4O2S/c11-5-1-6(14)10(13)7(2-5)20(18,19)17-9-3-8(12)15-4-16-9/h1-4H,14H2,(H,15,16,17). The van der Waals surface area contributed by atoms with E-state index in [-0.39, 0.29) is 21.7 Å². The lowest BCUT2D eigenvalue weighted by molar-refractivity contribution is 0.573. The Hall–Kier alpha value is -1.64. The van der Waals surface area contributed by atoms with Gasteiger partial charge in [-0.3, -0.25) is 4.72 Å². The summed E-state index contributed by atoms with van der Waals surface area (Å²) in [5.41, 5.74) is 4.96. The van der Waals surface area contributed by atoms with Gasteiger partial charge >= 0.3 is 0 Å². The Morgan fingerprint density at radius 1 is 1.20 bits per heavy atom. The summed E-state index contributed by atoms with van der Waals surface area (Å²) in [5.74, 6) is -1.20. The summed E-state index contributed by atoms with van der Waals surface area (Å²) in [5, 5.41) is 0.0220. The normalized spacial score (nSPS) is 11.3. The zero-order valence-corrected chi connectivity index (χ0v) is 12.0. The largest absolute Gasteiger partial charge is 0.396 e. The van der Waals surface area contributed by atoms with Crippen LogP contribution in [0.4, 0.5) is 15.9 Å². The SMILES string of the molecule is Nc1cc(Cl)cc(S(=O)(=O)Nc2cc(Cl)ncn2)c1F. The molecule has 2 aromatic rings. The maximum atomic E-state index is 13.8. The quantitative estimate of drug-likeness (QED) is 0.662. The van der Waals surface area contributed by atoms with Crippen molar-refractivity contribution in [2.75, 3.05) is 10.5 Å². The molecule has 0 aliphatic carbocycles. The van der Waals surface area contributed by atoms with E-state index in [4.69, 9.17) is 28.9 Å². The number of benzene rings is 1. The molecular formula is C10H7Cl2FN4O2S. The summed E-state index contributed by atoms with van der Waals surface area (Å²) in [6.07, 6.45) is 1.06. The maximum Gasteiger partial charge on any atom is 0.266 e. The summed E-state index contributed by atoms with van der Waals surface area (Å²) < 4.78 is 40.0. The van der Waals surface area contributed by atoms with Gasteiger partial charge in [0.05, 0.1) is 5.69 Å². The van der Waals surface area contributed by atoms with E-state index < -0.39 is 20.7 Å². The van der Waals surface area contributed by atoms with Gasteiger partial charge < -0.3 is 5.73 Å².